The first kappa shape index (κ1) is 18.3. The van der Waals surface area contributed by atoms with E-state index in [0.29, 0.717) is 28.4 Å². The van der Waals surface area contributed by atoms with E-state index in [1.807, 2.05) is 0 Å². The molecular formula is C18H20N2O5. The van der Waals surface area contributed by atoms with Crippen LogP contribution in [0.1, 0.15) is 17.2 Å². The van der Waals surface area contributed by atoms with Gasteiger partial charge in [0.2, 0.25) is 5.75 Å². The molecule has 0 aromatic heterocycles. The number of carbonyl (C=O) groups excluding carboxylic acids is 1. The molecule has 0 spiro atoms. The van der Waals surface area contributed by atoms with Crippen molar-refractivity contribution in [2.45, 2.75) is 6.10 Å². The number of hydrazone groups is 1. The zero-order chi connectivity index (χ0) is 18.2. The number of methoxy groups -OCH3 is 3. The highest BCUT2D eigenvalue weighted by Gasteiger charge is 2.16. The standard InChI is InChI=1S/C18H20N2O5/c1-23-14-9-12(10-15(24-2)17(14)25-3)11-19-20-18(22)16(21)13-7-5-4-6-8-13/h4-11,16,21H,1-3H3,(H,20,22)/b19-11+. The van der Waals surface area contributed by atoms with Crippen molar-refractivity contribution in [3.63, 3.8) is 0 Å². The minimum Gasteiger partial charge on any atom is -0.493 e. The van der Waals surface area contributed by atoms with Crippen molar-refractivity contribution < 1.29 is 24.1 Å². The van der Waals surface area contributed by atoms with Crippen molar-refractivity contribution in [1.29, 1.82) is 0 Å². The summed E-state index contributed by atoms with van der Waals surface area (Å²) in [6.45, 7) is 0. The maximum Gasteiger partial charge on any atom is 0.273 e. The molecule has 0 aliphatic rings. The molecule has 7 heteroatoms. The van der Waals surface area contributed by atoms with Crippen LogP contribution >= 0.6 is 0 Å². The second kappa shape index (κ2) is 8.70. The zero-order valence-corrected chi connectivity index (χ0v) is 14.2. The number of rotatable bonds is 7. The molecule has 0 bridgehead atoms. The smallest absolute Gasteiger partial charge is 0.273 e. The molecular weight excluding hydrogens is 324 g/mol. The van der Waals surface area contributed by atoms with Gasteiger partial charge in [-0.2, -0.15) is 5.10 Å². The SMILES string of the molecule is COc1cc(/C=N/NC(=O)C(O)c2ccccc2)cc(OC)c1OC. The van der Waals surface area contributed by atoms with E-state index >= 15 is 0 Å². The van der Waals surface area contributed by atoms with Crippen LogP contribution in [-0.2, 0) is 4.79 Å². The van der Waals surface area contributed by atoms with Gasteiger partial charge in [0, 0.05) is 5.56 Å². The number of hydrogen-bond donors (Lipinski definition) is 2. The number of amides is 1. The number of aliphatic hydroxyl groups excluding tert-OH is 1. The first-order chi connectivity index (χ1) is 12.1. The molecule has 2 aromatic carbocycles. The van der Waals surface area contributed by atoms with Gasteiger partial charge in [0.05, 0.1) is 27.5 Å². The molecule has 2 N–H and O–H groups in total. The van der Waals surface area contributed by atoms with Crippen molar-refractivity contribution in [1.82, 2.24) is 5.43 Å². The summed E-state index contributed by atoms with van der Waals surface area (Å²) in [7, 11) is 4.53. The van der Waals surface area contributed by atoms with Crippen molar-refractivity contribution >= 4 is 12.1 Å². The summed E-state index contributed by atoms with van der Waals surface area (Å²) in [5.41, 5.74) is 3.42. The van der Waals surface area contributed by atoms with E-state index in [0.717, 1.165) is 0 Å². The van der Waals surface area contributed by atoms with Crippen LogP contribution in [0.2, 0.25) is 0 Å². The molecule has 132 valence electrons. The lowest BCUT2D eigenvalue weighted by Crippen LogP contribution is -2.25. The average Bonchev–Trinajstić information content (AvgIpc) is 2.66. The Bertz CT molecular complexity index is 721. The van der Waals surface area contributed by atoms with Crippen molar-refractivity contribution in [3.8, 4) is 17.2 Å². The van der Waals surface area contributed by atoms with Gasteiger partial charge in [0.15, 0.2) is 17.6 Å². The fourth-order valence-corrected chi connectivity index (χ4v) is 2.19. The Balaban J connectivity index is 2.10. The molecule has 0 saturated carbocycles. The summed E-state index contributed by atoms with van der Waals surface area (Å²) in [5.74, 6) is 0.776. The van der Waals surface area contributed by atoms with Crippen LogP contribution in [0.15, 0.2) is 47.6 Å². The predicted octanol–water partition coefficient (Wildman–Crippen LogP) is 1.90. The number of benzene rings is 2. The van der Waals surface area contributed by atoms with Gasteiger partial charge < -0.3 is 19.3 Å². The number of hydrogen-bond acceptors (Lipinski definition) is 6. The summed E-state index contributed by atoms with van der Waals surface area (Å²) in [6, 6.07) is 12.0. The third-order valence-electron chi connectivity index (χ3n) is 3.44. The van der Waals surface area contributed by atoms with E-state index < -0.39 is 12.0 Å². The Kier molecular flexibility index (Phi) is 6.36. The third-order valence-corrected chi connectivity index (χ3v) is 3.44. The van der Waals surface area contributed by atoms with Gasteiger partial charge in [-0.3, -0.25) is 4.79 Å². The molecule has 0 radical (unpaired) electrons. The van der Waals surface area contributed by atoms with E-state index in [2.05, 4.69) is 10.5 Å². The van der Waals surface area contributed by atoms with Crippen LogP contribution < -0.4 is 19.6 Å². The second-order valence-electron chi connectivity index (χ2n) is 5.01. The molecule has 0 aliphatic carbocycles. The maximum atomic E-state index is 11.9. The number of carbonyl (C=O) groups is 1. The molecule has 0 aliphatic heterocycles. The topological polar surface area (TPSA) is 89.4 Å². The molecule has 1 unspecified atom stereocenters. The normalized spacial score (nSPS) is 11.8. The van der Waals surface area contributed by atoms with Gasteiger partial charge in [0.1, 0.15) is 0 Å². The molecule has 1 atom stereocenters. The first-order valence-electron chi connectivity index (χ1n) is 7.46. The lowest BCUT2D eigenvalue weighted by atomic mass is 10.1. The van der Waals surface area contributed by atoms with Gasteiger partial charge in [-0.15, -0.1) is 0 Å². The summed E-state index contributed by atoms with van der Waals surface area (Å²) in [6.07, 6.45) is 0.124. The summed E-state index contributed by atoms with van der Waals surface area (Å²) >= 11 is 0. The number of nitrogens with one attached hydrogen (secondary N) is 1. The fourth-order valence-electron chi connectivity index (χ4n) is 2.19. The molecule has 2 rings (SSSR count). The molecule has 0 heterocycles. The minimum absolute atomic E-state index is 0.464. The van der Waals surface area contributed by atoms with Crippen LogP contribution in [0, 0.1) is 0 Å². The monoisotopic (exact) mass is 344 g/mol. The Morgan fingerprint density at radius 1 is 1.08 bits per heavy atom. The summed E-state index contributed by atoms with van der Waals surface area (Å²) in [4.78, 5) is 11.9. The quantitative estimate of drug-likeness (QED) is 0.591. The Morgan fingerprint density at radius 2 is 1.68 bits per heavy atom. The van der Waals surface area contributed by atoms with E-state index in [-0.39, 0.29) is 0 Å². The van der Waals surface area contributed by atoms with Crippen LogP contribution in [0.25, 0.3) is 0 Å². The first-order valence-corrected chi connectivity index (χ1v) is 7.46. The number of ether oxygens (including phenoxy) is 3. The van der Waals surface area contributed by atoms with E-state index in [4.69, 9.17) is 14.2 Å². The van der Waals surface area contributed by atoms with E-state index in [9.17, 15) is 9.90 Å². The van der Waals surface area contributed by atoms with Gasteiger partial charge >= 0.3 is 0 Å². The van der Waals surface area contributed by atoms with Crippen LogP contribution in [0.5, 0.6) is 17.2 Å². The van der Waals surface area contributed by atoms with Gasteiger partial charge in [0.25, 0.3) is 5.91 Å². The average molecular weight is 344 g/mol. The Labute approximate surface area is 145 Å². The van der Waals surface area contributed by atoms with Crippen LogP contribution in [-0.4, -0.2) is 38.6 Å². The van der Waals surface area contributed by atoms with Gasteiger partial charge in [-0.1, -0.05) is 30.3 Å². The molecule has 0 saturated heterocycles. The highest BCUT2D eigenvalue weighted by Crippen LogP contribution is 2.37. The summed E-state index contributed by atoms with van der Waals surface area (Å²) in [5, 5.41) is 13.8. The number of nitrogens with zero attached hydrogens (tertiary/aromatic N) is 1. The highest BCUT2D eigenvalue weighted by atomic mass is 16.5. The molecule has 2 aromatic rings. The van der Waals surface area contributed by atoms with Crippen LogP contribution in [0.4, 0.5) is 0 Å². The second-order valence-corrected chi connectivity index (χ2v) is 5.01. The van der Waals surface area contributed by atoms with E-state index in [1.54, 1.807) is 42.5 Å². The van der Waals surface area contributed by atoms with E-state index in [1.165, 1.54) is 27.5 Å². The highest BCUT2D eigenvalue weighted by molar-refractivity contribution is 5.86. The summed E-state index contributed by atoms with van der Waals surface area (Å²) < 4.78 is 15.7. The zero-order valence-electron chi connectivity index (χ0n) is 14.2. The largest absolute Gasteiger partial charge is 0.493 e. The fraction of sp³-hybridized carbons (Fsp3) is 0.222. The molecule has 1 amide bonds. The number of aliphatic hydroxyl groups is 1. The predicted molar refractivity (Wildman–Crippen MR) is 93.2 cm³/mol. The maximum absolute atomic E-state index is 11.9. The Morgan fingerprint density at radius 3 is 2.20 bits per heavy atom. The molecule has 25 heavy (non-hydrogen) atoms. The minimum atomic E-state index is -1.29. The molecule has 0 fully saturated rings. The third kappa shape index (κ3) is 4.48. The van der Waals surface area contributed by atoms with Crippen molar-refractivity contribution in [3.05, 3.63) is 53.6 Å². The lowest BCUT2D eigenvalue weighted by molar-refractivity contribution is -0.129. The van der Waals surface area contributed by atoms with Gasteiger partial charge in [-0.05, 0) is 17.7 Å². The molecule has 7 nitrogen and oxygen atoms in total. The van der Waals surface area contributed by atoms with Crippen molar-refractivity contribution in [2.75, 3.05) is 21.3 Å². The van der Waals surface area contributed by atoms with Crippen LogP contribution in [0.3, 0.4) is 0 Å². The van der Waals surface area contributed by atoms with Crippen molar-refractivity contribution in [2.24, 2.45) is 5.10 Å². The lowest BCUT2D eigenvalue weighted by Gasteiger charge is -2.12. The Hall–Kier alpha value is -3.06. The van der Waals surface area contributed by atoms with Gasteiger partial charge in [-0.25, -0.2) is 5.43 Å².